The molecule has 7 heteroatoms. The fourth-order valence-corrected chi connectivity index (χ4v) is 3.67. The number of pyridine rings is 1. The van der Waals surface area contributed by atoms with E-state index in [4.69, 9.17) is 4.74 Å². The Labute approximate surface area is 168 Å². The predicted octanol–water partition coefficient (Wildman–Crippen LogP) is 3.72. The lowest BCUT2D eigenvalue weighted by Crippen LogP contribution is -2.27. The average Bonchev–Trinajstić information content (AvgIpc) is 3.36. The van der Waals surface area contributed by atoms with Crippen molar-refractivity contribution in [2.45, 2.75) is 32.2 Å². The molecule has 0 bridgehead atoms. The number of nitrogens with one attached hydrogen (secondary N) is 1. The molecule has 1 saturated carbocycles. The predicted molar refractivity (Wildman–Crippen MR) is 107 cm³/mol. The Morgan fingerprint density at radius 2 is 2.21 bits per heavy atom. The number of anilines is 1. The highest BCUT2D eigenvalue weighted by molar-refractivity contribution is 5.95. The van der Waals surface area contributed by atoms with E-state index in [1.165, 1.54) is 12.1 Å². The Morgan fingerprint density at radius 3 is 2.90 bits per heavy atom. The number of hydrogen-bond donors (Lipinski definition) is 1. The van der Waals surface area contributed by atoms with Gasteiger partial charge >= 0.3 is 0 Å². The second-order valence-corrected chi connectivity index (χ2v) is 7.35. The zero-order valence-corrected chi connectivity index (χ0v) is 16.4. The Balaban J connectivity index is 1.56. The molecule has 0 radical (unpaired) electrons. The van der Waals surface area contributed by atoms with E-state index in [2.05, 4.69) is 15.4 Å². The second kappa shape index (κ2) is 7.66. The normalized spacial score (nSPS) is 20.3. The molecule has 0 spiro atoms. The summed E-state index contributed by atoms with van der Waals surface area (Å²) in [5, 5.41) is 7.24. The van der Waals surface area contributed by atoms with Crippen LogP contribution in [-0.4, -0.2) is 27.3 Å². The van der Waals surface area contributed by atoms with Gasteiger partial charge < -0.3 is 10.1 Å². The fraction of sp³-hybridized carbons (Fsp3) is 0.318. The average molecular weight is 394 g/mol. The van der Waals surface area contributed by atoms with Crippen molar-refractivity contribution in [2.24, 2.45) is 5.92 Å². The number of aromatic nitrogens is 3. The van der Waals surface area contributed by atoms with Crippen LogP contribution in [0.15, 0.2) is 54.9 Å². The number of aryl methyl sites for hydroxylation is 2. The standard InChI is InChI=1S/C22H23FN4O2/c1-3-27-13-19(15(2)26-27)29-14-22(16-7-6-8-17(23)11-16)12-18(22)21(28)25-20-9-4-5-10-24-20/h4-11,13,18H,3,12,14H2,1-2H3,(H,24,25,28)/t18-,22+/m0/s1. The monoisotopic (exact) mass is 394 g/mol. The van der Waals surface area contributed by atoms with E-state index < -0.39 is 5.41 Å². The van der Waals surface area contributed by atoms with E-state index in [1.807, 2.05) is 32.2 Å². The summed E-state index contributed by atoms with van der Waals surface area (Å²) in [6.07, 6.45) is 4.05. The molecule has 1 aromatic carbocycles. The number of nitrogens with zero attached hydrogens (tertiary/aromatic N) is 3. The summed E-state index contributed by atoms with van der Waals surface area (Å²) in [4.78, 5) is 17.0. The van der Waals surface area contributed by atoms with Crippen molar-refractivity contribution in [1.29, 1.82) is 0 Å². The quantitative estimate of drug-likeness (QED) is 0.663. The van der Waals surface area contributed by atoms with Crippen LogP contribution in [0.4, 0.5) is 10.2 Å². The highest BCUT2D eigenvalue weighted by Gasteiger charge is 2.60. The van der Waals surface area contributed by atoms with Crippen molar-refractivity contribution in [3.8, 4) is 5.75 Å². The Bertz CT molecular complexity index is 1020. The summed E-state index contributed by atoms with van der Waals surface area (Å²) < 4.78 is 21.8. The lowest BCUT2D eigenvalue weighted by molar-refractivity contribution is -0.117. The third-order valence-electron chi connectivity index (χ3n) is 5.42. The SMILES string of the molecule is CCn1cc(OC[C@@]2(c3cccc(F)c3)C[C@H]2C(=O)Nc2ccccn2)c(C)n1. The summed E-state index contributed by atoms with van der Waals surface area (Å²) in [5.74, 6) is 0.384. The smallest absolute Gasteiger partial charge is 0.229 e. The Kier molecular flexibility index (Phi) is 5.05. The second-order valence-electron chi connectivity index (χ2n) is 7.35. The van der Waals surface area contributed by atoms with E-state index >= 15 is 0 Å². The van der Waals surface area contributed by atoms with Gasteiger partial charge in [0.1, 0.15) is 17.3 Å². The molecular formula is C22H23FN4O2. The zero-order chi connectivity index (χ0) is 20.4. The van der Waals surface area contributed by atoms with Crippen molar-refractivity contribution in [1.82, 2.24) is 14.8 Å². The van der Waals surface area contributed by atoms with E-state index in [0.29, 0.717) is 18.0 Å². The maximum absolute atomic E-state index is 13.9. The van der Waals surface area contributed by atoms with Crippen LogP contribution in [0.25, 0.3) is 0 Å². The molecule has 150 valence electrons. The van der Waals surface area contributed by atoms with Gasteiger partial charge in [-0.3, -0.25) is 9.48 Å². The zero-order valence-electron chi connectivity index (χ0n) is 16.4. The minimum atomic E-state index is -0.582. The van der Waals surface area contributed by atoms with Crippen LogP contribution in [0.1, 0.15) is 24.6 Å². The molecule has 2 atom stereocenters. The van der Waals surface area contributed by atoms with Gasteiger partial charge in [0.05, 0.1) is 18.7 Å². The van der Waals surface area contributed by atoms with Crippen molar-refractivity contribution in [2.75, 3.05) is 11.9 Å². The van der Waals surface area contributed by atoms with Crippen LogP contribution in [0.2, 0.25) is 0 Å². The maximum Gasteiger partial charge on any atom is 0.229 e. The molecule has 2 heterocycles. The Morgan fingerprint density at radius 1 is 1.34 bits per heavy atom. The molecule has 3 aromatic rings. The fourth-order valence-electron chi connectivity index (χ4n) is 3.67. The number of amides is 1. The molecule has 2 aromatic heterocycles. The van der Waals surface area contributed by atoms with Crippen molar-refractivity contribution < 1.29 is 13.9 Å². The summed E-state index contributed by atoms with van der Waals surface area (Å²) >= 11 is 0. The first-order valence-electron chi connectivity index (χ1n) is 9.66. The molecular weight excluding hydrogens is 371 g/mol. The first kappa shape index (κ1) is 19.1. The first-order valence-corrected chi connectivity index (χ1v) is 9.66. The largest absolute Gasteiger partial charge is 0.489 e. The molecule has 1 aliphatic carbocycles. The van der Waals surface area contributed by atoms with E-state index in [0.717, 1.165) is 17.8 Å². The van der Waals surface area contributed by atoms with Gasteiger partial charge in [-0.2, -0.15) is 5.10 Å². The van der Waals surface area contributed by atoms with Crippen LogP contribution in [0, 0.1) is 18.7 Å². The lowest BCUT2D eigenvalue weighted by Gasteiger charge is -2.19. The van der Waals surface area contributed by atoms with Gasteiger partial charge in [0, 0.05) is 18.2 Å². The first-order chi connectivity index (χ1) is 14.0. The number of hydrogen-bond acceptors (Lipinski definition) is 4. The van der Waals surface area contributed by atoms with E-state index in [9.17, 15) is 9.18 Å². The molecule has 4 rings (SSSR count). The van der Waals surface area contributed by atoms with Gasteiger partial charge in [0.15, 0.2) is 5.75 Å². The van der Waals surface area contributed by atoms with Gasteiger partial charge in [-0.15, -0.1) is 0 Å². The minimum absolute atomic E-state index is 0.141. The number of rotatable bonds is 7. The van der Waals surface area contributed by atoms with Gasteiger partial charge in [0.25, 0.3) is 0 Å². The number of carbonyl (C=O) groups is 1. The van der Waals surface area contributed by atoms with Gasteiger partial charge in [-0.25, -0.2) is 9.37 Å². The molecule has 29 heavy (non-hydrogen) atoms. The summed E-state index contributed by atoms with van der Waals surface area (Å²) in [7, 11) is 0. The number of carbonyl (C=O) groups excluding carboxylic acids is 1. The molecule has 1 fully saturated rings. The molecule has 6 nitrogen and oxygen atoms in total. The highest BCUT2D eigenvalue weighted by Crippen LogP contribution is 2.55. The summed E-state index contributed by atoms with van der Waals surface area (Å²) in [6.45, 7) is 4.90. The van der Waals surface area contributed by atoms with Crippen LogP contribution >= 0.6 is 0 Å². The van der Waals surface area contributed by atoms with Crippen LogP contribution in [-0.2, 0) is 16.8 Å². The van der Waals surface area contributed by atoms with E-state index in [-0.39, 0.29) is 24.2 Å². The maximum atomic E-state index is 13.9. The van der Waals surface area contributed by atoms with Gasteiger partial charge in [-0.05, 0) is 50.1 Å². The molecule has 1 amide bonds. The van der Waals surface area contributed by atoms with Gasteiger partial charge in [-0.1, -0.05) is 18.2 Å². The minimum Gasteiger partial charge on any atom is -0.489 e. The van der Waals surface area contributed by atoms with Gasteiger partial charge in [0.2, 0.25) is 5.91 Å². The van der Waals surface area contributed by atoms with Crippen LogP contribution < -0.4 is 10.1 Å². The number of benzene rings is 1. The molecule has 0 aliphatic heterocycles. The van der Waals surface area contributed by atoms with Crippen molar-refractivity contribution in [3.05, 3.63) is 71.9 Å². The summed E-state index contributed by atoms with van der Waals surface area (Å²) in [5.41, 5.74) is 0.970. The molecule has 1 N–H and O–H groups in total. The molecule has 0 unspecified atom stereocenters. The molecule has 1 aliphatic rings. The highest BCUT2D eigenvalue weighted by atomic mass is 19.1. The third kappa shape index (κ3) is 3.85. The molecule has 0 saturated heterocycles. The van der Waals surface area contributed by atoms with Crippen molar-refractivity contribution >= 4 is 11.7 Å². The topological polar surface area (TPSA) is 69.0 Å². The van der Waals surface area contributed by atoms with Crippen LogP contribution in [0.3, 0.4) is 0 Å². The van der Waals surface area contributed by atoms with Crippen molar-refractivity contribution in [3.63, 3.8) is 0 Å². The lowest BCUT2D eigenvalue weighted by atomic mass is 9.93. The van der Waals surface area contributed by atoms with E-state index in [1.54, 1.807) is 29.1 Å². The number of halogens is 1. The third-order valence-corrected chi connectivity index (χ3v) is 5.42. The number of ether oxygens (including phenoxy) is 1. The Hall–Kier alpha value is -3.22. The van der Waals surface area contributed by atoms with Crippen LogP contribution in [0.5, 0.6) is 5.75 Å². The summed E-state index contributed by atoms with van der Waals surface area (Å²) in [6, 6.07) is 11.7.